The molecule has 0 aliphatic rings. The smallest absolute Gasteiger partial charge is 0.255 e. The summed E-state index contributed by atoms with van der Waals surface area (Å²) in [5.41, 5.74) is 7.67. The molecule has 0 bridgehead atoms. The topological polar surface area (TPSA) is 55.1 Å². The van der Waals surface area contributed by atoms with Crippen LogP contribution in [0.5, 0.6) is 0 Å². The molecule has 3 N–H and O–H groups in total. The van der Waals surface area contributed by atoms with Crippen LogP contribution in [0.3, 0.4) is 0 Å². The van der Waals surface area contributed by atoms with E-state index in [0.29, 0.717) is 27.8 Å². The van der Waals surface area contributed by atoms with Gasteiger partial charge in [-0.3, -0.25) is 4.79 Å². The first kappa shape index (κ1) is 13.9. The third-order valence-corrected chi connectivity index (χ3v) is 3.37. The average Bonchev–Trinajstić information content (AvgIpc) is 2.42. The molecule has 3 nitrogen and oxygen atoms in total. The lowest BCUT2D eigenvalue weighted by Crippen LogP contribution is -2.11. The highest BCUT2D eigenvalue weighted by atomic mass is 35.5. The number of hydrogen-bond acceptors (Lipinski definition) is 2. The molecule has 5 heteroatoms. The number of halogens is 2. The average molecular weight is 295 g/mol. The third kappa shape index (κ3) is 3.47. The van der Waals surface area contributed by atoms with Crippen LogP contribution in [-0.2, 0) is 6.54 Å². The van der Waals surface area contributed by atoms with Crippen LogP contribution in [0.15, 0.2) is 42.5 Å². The minimum absolute atomic E-state index is 0.237. The molecule has 0 saturated heterocycles. The zero-order valence-corrected chi connectivity index (χ0v) is 11.5. The molecule has 0 unspecified atom stereocenters. The van der Waals surface area contributed by atoms with E-state index in [0.717, 1.165) is 5.56 Å². The zero-order valence-electron chi connectivity index (χ0n) is 9.99. The summed E-state index contributed by atoms with van der Waals surface area (Å²) in [7, 11) is 0. The summed E-state index contributed by atoms with van der Waals surface area (Å²) in [5.74, 6) is -0.237. The van der Waals surface area contributed by atoms with Gasteiger partial charge in [0.1, 0.15) is 0 Å². The molecule has 0 atom stereocenters. The Morgan fingerprint density at radius 3 is 2.32 bits per heavy atom. The van der Waals surface area contributed by atoms with Crippen LogP contribution < -0.4 is 11.1 Å². The largest absolute Gasteiger partial charge is 0.326 e. The molecule has 0 aliphatic heterocycles. The second kappa shape index (κ2) is 6.06. The van der Waals surface area contributed by atoms with Gasteiger partial charge in [-0.25, -0.2) is 0 Å². The van der Waals surface area contributed by atoms with Crippen molar-refractivity contribution in [2.75, 3.05) is 5.32 Å². The third-order valence-electron chi connectivity index (χ3n) is 2.63. The zero-order chi connectivity index (χ0) is 13.8. The number of carbonyl (C=O) groups is 1. The van der Waals surface area contributed by atoms with Gasteiger partial charge >= 0.3 is 0 Å². The molecule has 2 aromatic rings. The summed E-state index contributed by atoms with van der Waals surface area (Å²) in [6.45, 7) is 0.473. The van der Waals surface area contributed by atoms with Crippen molar-refractivity contribution in [3.05, 3.63) is 63.6 Å². The highest BCUT2D eigenvalue weighted by Gasteiger charge is 2.08. The summed E-state index contributed by atoms with van der Waals surface area (Å²) in [4.78, 5) is 12.0. The Hall–Kier alpha value is -1.55. The Kier molecular flexibility index (Phi) is 4.43. The van der Waals surface area contributed by atoms with E-state index in [4.69, 9.17) is 28.9 Å². The van der Waals surface area contributed by atoms with Crippen molar-refractivity contribution in [1.29, 1.82) is 0 Å². The van der Waals surface area contributed by atoms with Crippen LogP contribution in [0.4, 0.5) is 5.69 Å². The lowest BCUT2D eigenvalue weighted by atomic mass is 10.2. The number of hydrogen-bond donors (Lipinski definition) is 2. The predicted molar refractivity (Wildman–Crippen MR) is 78.7 cm³/mol. The molecule has 0 aliphatic carbocycles. The minimum Gasteiger partial charge on any atom is -0.326 e. The van der Waals surface area contributed by atoms with Gasteiger partial charge in [0, 0.05) is 17.8 Å². The maximum Gasteiger partial charge on any atom is 0.255 e. The molecular weight excluding hydrogens is 283 g/mol. The molecule has 98 valence electrons. The maximum absolute atomic E-state index is 12.0. The minimum atomic E-state index is -0.237. The molecule has 0 fully saturated rings. The summed E-state index contributed by atoms with van der Waals surface area (Å²) in [6.07, 6.45) is 0. The van der Waals surface area contributed by atoms with Gasteiger partial charge in [-0.1, -0.05) is 35.3 Å². The fraction of sp³-hybridized carbons (Fsp3) is 0.0714. The van der Waals surface area contributed by atoms with E-state index in [2.05, 4.69) is 5.32 Å². The Bertz CT molecular complexity index is 597. The first-order valence-corrected chi connectivity index (χ1v) is 6.41. The van der Waals surface area contributed by atoms with Crippen molar-refractivity contribution in [3.8, 4) is 0 Å². The summed E-state index contributed by atoms with van der Waals surface area (Å²) in [6, 6.07) is 12.1. The van der Waals surface area contributed by atoms with Gasteiger partial charge < -0.3 is 11.1 Å². The van der Waals surface area contributed by atoms with Gasteiger partial charge in [-0.05, 0) is 35.9 Å². The quantitative estimate of drug-likeness (QED) is 0.907. The molecule has 0 heterocycles. The number of rotatable bonds is 3. The van der Waals surface area contributed by atoms with Crippen molar-refractivity contribution >= 4 is 34.8 Å². The summed E-state index contributed by atoms with van der Waals surface area (Å²) < 4.78 is 0. The monoisotopic (exact) mass is 294 g/mol. The summed E-state index contributed by atoms with van der Waals surface area (Å²) in [5, 5.41) is 3.55. The molecule has 0 aromatic heterocycles. The fourth-order valence-electron chi connectivity index (χ4n) is 1.56. The van der Waals surface area contributed by atoms with Crippen LogP contribution in [-0.4, -0.2) is 5.91 Å². The lowest BCUT2D eigenvalue weighted by molar-refractivity contribution is 0.102. The standard InChI is InChI=1S/C14H12Cl2N2O/c15-12-6-3-10(7-13(12)16)14(19)18-11-4-1-9(8-17)2-5-11/h1-7H,8,17H2,(H,18,19). The van der Waals surface area contributed by atoms with E-state index in [-0.39, 0.29) is 5.91 Å². The highest BCUT2D eigenvalue weighted by Crippen LogP contribution is 2.23. The van der Waals surface area contributed by atoms with Gasteiger partial charge in [-0.2, -0.15) is 0 Å². The van der Waals surface area contributed by atoms with Crippen LogP contribution >= 0.6 is 23.2 Å². The van der Waals surface area contributed by atoms with Crippen molar-refractivity contribution in [2.45, 2.75) is 6.54 Å². The van der Waals surface area contributed by atoms with Crippen molar-refractivity contribution in [1.82, 2.24) is 0 Å². The van der Waals surface area contributed by atoms with Gasteiger partial charge in [-0.15, -0.1) is 0 Å². The van der Waals surface area contributed by atoms with Gasteiger partial charge in [0.25, 0.3) is 5.91 Å². The van der Waals surface area contributed by atoms with Crippen molar-refractivity contribution in [2.24, 2.45) is 5.73 Å². The first-order valence-electron chi connectivity index (χ1n) is 5.65. The first-order chi connectivity index (χ1) is 9.10. The van der Waals surface area contributed by atoms with Crippen LogP contribution in [0, 0.1) is 0 Å². The Morgan fingerprint density at radius 2 is 1.74 bits per heavy atom. The SMILES string of the molecule is NCc1ccc(NC(=O)c2ccc(Cl)c(Cl)c2)cc1. The van der Waals surface area contributed by atoms with Gasteiger partial charge in [0.05, 0.1) is 10.0 Å². The number of amides is 1. The summed E-state index contributed by atoms with van der Waals surface area (Å²) >= 11 is 11.7. The van der Waals surface area contributed by atoms with E-state index in [1.54, 1.807) is 24.3 Å². The molecule has 2 rings (SSSR count). The lowest BCUT2D eigenvalue weighted by Gasteiger charge is -2.07. The molecule has 0 radical (unpaired) electrons. The Labute approximate surface area is 121 Å². The normalized spacial score (nSPS) is 10.3. The second-order valence-corrected chi connectivity index (χ2v) is 4.80. The fourth-order valence-corrected chi connectivity index (χ4v) is 1.86. The van der Waals surface area contributed by atoms with Crippen molar-refractivity contribution in [3.63, 3.8) is 0 Å². The molecule has 2 aromatic carbocycles. The van der Waals surface area contributed by atoms with Crippen LogP contribution in [0.1, 0.15) is 15.9 Å². The van der Waals surface area contributed by atoms with Crippen molar-refractivity contribution < 1.29 is 4.79 Å². The number of anilines is 1. The molecule has 0 saturated carbocycles. The number of carbonyl (C=O) groups excluding carboxylic acids is 1. The van der Waals surface area contributed by atoms with E-state index < -0.39 is 0 Å². The molecule has 19 heavy (non-hydrogen) atoms. The second-order valence-electron chi connectivity index (χ2n) is 3.98. The molecule has 0 spiro atoms. The number of nitrogens with two attached hydrogens (primary N) is 1. The van der Waals surface area contributed by atoms with E-state index in [1.807, 2.05) is 12.1 Å². The van der Waals surface area contributed by atoms with E-state index in [1.165, 1.54) is 6.07 Å². The van der Waals surface area contributed by atoms with Gasteiger partial charge in [0.2, 0.25) is 0 Å². The maximum atomic E-state index is 12.0. The van der Waals surface area contributed by atoms with Gasteiger partial charge in [0.15, 0.2) is 0 Å². The molecule has 1 amide bonds. The van der Waals surface area contributed by atoms with Crippen LogP contribution in [0.25, 0.3) is 0 Å². The molecular formula is C14H12Cl2N2O. The Balaban J connectivity index is 2.13. The highest BCUT2D eigenvalue weighted by molar-refractivity contribution is 6.42. The number of nitrogens with one attached hydrogen (secondary N) is 1. The van der Waals surface area contributed by atoms with E-state index >= 15 is 0 Å². The predicted octanol–water partition coefficient (Wildman–Crippen LogP) is 3.70. The Morgan fingerprint density at radius 1 is 1.05 bits per heavy atom. The van der Waals surface area contributed by atoms with E-state index in [9.17, 15) is 4.79 Å². The van der Waals surface area contributed by atoms with Crippen LogP contribution in [0.2, 0.25) is 10.0 Å². The number of benzene rings is 2.